The van der Waals surface area contributed by atoms with Crippen LogP contribution < -0.4 is 10.2 Å². The maximum atomic E-state index is 12.9. The Hall–Kier alpha value is -2.35. The van der Waals surface area contributed by atoms with Gasteiger partial charge in [-0.15, -0.1) is 10.2 Å². The zero-order valence-corrected chi connectivity index (χ0v) is 15.3. The van der Waals surface area contributed by atoms with Gasteiger partial charge in [-0.2, -0.15) is 0 Å². The number of para-hydroxylation sites is 2. The highest BCUT2D eigenvalue weighted by atomic mass is 32.2. The number of rotatable bonds is 4. The smallest absolute Gasteiger partial charge is 0.237 e. The molecule has 2 heterocycles. The molecule has 2 aromatic rings. The quantitative estimate of drug-likeness (QED) is 0.849. The molecule has 3 rings (SSSR count). The fraction of sp³-hybridized carbons (Fsp3) is 0.412. The normalized spacial score (nSPS) is 17.2. The number of hydrogen-bond donors (Lipinski definition) is 1. The summed E-state index contributed by atoms with van der Waals surface area (Å²) >= 11 is 1.36. The first kappa shape index (κ1) is 17.5. The van der Waals surface area contributed by atoms with Crippen LogP contribution in [-0.2, 0) is 9.59 Å². The number of nitrogens with one attached hydrogen (secondary N) is 1. The Morgan fingerprint density at radius 3 is 2.92 bits per heavy atom. The Morgan fingerprint density at radius 2 is 2.16 bits per heavy atom. The van der Waals surface area contributed by atoms with Gasteiger partial charge in [-0.05, 0) is 32.9 Å². The lowest BCUT2D eigenvalue weighted by atomic mass is 10.2. The molecule has 132 valence electrons. The minimum absolute atomic E-state index is 0.0558. The predicted molar refractivity (Wildman–Crippen MR) is 97.8 cm³/mol. The third-order valence-corrected chi connectivity index (χ3v) is 4.99. The molecule has 1 aromatic heterocycles. The first-order valence-corrected chi connectivity index (χ1v) is 9.19. The van der Waals surface area contributed by atoms with Gasteiger partial charge in [-0.1, -0.05) is 23.9 Å². The van der Waals surface area contributed by atoms with E-state index in [9.17, 15) is 9.59 Å². The Morgan fingerprint density at radius 1 is 1.40 bits per heavy atom. The van der Waals surface area contributed by atoms with Crippen molar-refractivity contribution in [1.82, 2.24) is 14.8 Å². The number of thioether (sulfide) groups is 1. The summed E-state index contributed by atoms with van der Waals surface area (Å²) in [5, 5.41) is 11.6. The minimum Gasteiger partial charge on any atom is -0.324 e. The first-order chi connectivity index (χ1) is 12.0. The van der Waals surface area contributed by atoms with Gasteiger partial charge in [0, 0.05) is 18.5 Å². The van der Waals surface area contributed by atoms with Gasteiger partial charge in [0.15, 0.2) is 5.16 Å². The van der Waals surface area contributed by atoms with Crippen molar-refractivity contribution in [2.75, 3.05) is 16.0 Å². The summed E-state index contributed by atoms with van der Waals surface area (Å²) in [4.78, 5) is 26.6. The molecule has 0 spiro atoms. The molecule has 25 heavy (non-hydrogen) atoms. The summed E-state index contributed by atoms with van der Waals surface area (Å²) in [6, 6.07) is 7.40. The van der Waals surface area contributed by atoms with Crippen LogP contribution in [0, 0.1) is 0 Å². The number of fused-ring (bicyclic) bond motifs is 1. The van der Waals surface area contributed by atoms with E-state index in [2.05, 4.69) is 15.5 Å². The number of benzene rings is 1. The van der Waals surface area contributed by atoms with Gasteiger partial charge in [0.05, 0.1) is 17.1 Å². The zero-order chi connectivity index (χ0) is 18.0. The second-order valence-electron chi connectivity index (χ2n) is 6.29. The molecule has 0 bridgehead atoms. The number of aromatic nitrogens is 3. The first-order valence-electron chi connectivity index (χ1n) is 8.20. The highest BCUT2D eigenvalue weighted by Crippen LogP contribution is 2.32. The lowest BCUT2D eigenvalue weighted by Crippen LogP contribution is -2.40. The van der Waals surface area contributed by atoms with Crippen LogP contribution in [0.4, 0.5) is 11.4 Å². The van der Waals surface area contributed by atoms with Crippen molar-refractivity contribution in [3.05, 3.63) is 30.6 Å². The number of amides is 2. The zero-order valence-electron chi connectivity index (χ0n) is 14.5. The number of anilines is 2. The summed E-state index contributed by atoms with van der Waals surface area (Å²) in [6.45, 7) is 5.97. The van der Waals surface area contributed by atoms with Crippen LogP contribution in [0.5, 0.6) is 0 Å². The van der Waals surface area contributed by atoms with Crippen molar-refractivity contribution in [3.63, 3.8) is 0 Å². The number of hydrogen-bond acceptors (Lipinski definition) is 5. The average molecular weight is 359 g/mol. The van der Waals surface area contributed by atoms with Crippen molar-refractivity contribution in [3.8, 4) is 0 Å². The second-order valence-corrected chi connectivity index (χ2v) is 7.23. The van der Waals surface area contributed by atoms with Crippen LogP contribution >= 0.6 is 11.8 Å². The van der Waals surface area contributed by atoms with E-state index in [1.165, 1.54) is 11.8 Å². The van der Waals surface area contributed by atoms with Gasteiger partial charge in [0.2, 0.25) is 11.8 Å². The SMILES string of the molecule is CC(C)n1cnnc1SCC(=O)N1c2ccccc2NC(=O)C[C@@H]1C. The summed E-state index contributed by atoms with van der Waals surface area (Å²) in [6.07, 6.45) is 1.94. The van der Waals surface area contributed by atoms with Crippen molar-refractivity contribution in [1.29, 1.82) is 0 Å². The van der Waals surface area contributed by atoms with E-state index in [4.69, 9.17) is 0 Å². The van der Waals surface area contributed by atoms with Crippen LogP contribution in [-0.4, -0.2) is 38.4 Å². The topological polar surface area (TPSA) is 80.1 Å². The van der Waals surface area contributed by atoms with Gasteiger partial charge < -0.3 is 14.8 Å². The van der Waals surface area contributed by atoms with E-state index in [1.54, 1.807) is 11.2 Å². The molecule has 0 fully saturated rings. The molecule has 0 radical (unpaired) electrons. The van der Waals surface area contributed by atoms with Crippen molar-refractivity contribution in [2.45, 2.75) is 44.4 Å². The molecule has 1 aromatic carbocycles. The summed E-state index contributed by atoms with van der Waals surface area (Å²) in [5.74, 6) is 0.0976. The third-order valence-electron chi connectivity index (χ3n) is 4.05. The van der Waals surface area contributed by atoms with E-state index >= 15 is 0 Å². The van der Waals surface area contributed by atoms with Gasteiger partial charge in [-0.25, -0.2) is 0 Å². The Bertz CT molecular complexity index is 789. The Balaban J connectivity index is 1.81. The average Bonchev–Trinajstić information content (AvgIpc) is 2.98. The Labute approximate surface area is 150 Å². The molecular weight excluding hydrogens is 338 g/mol. The van der Waals surface area contributed by atoms with E-state index < -0.39 is 0 Å². The Kier molecular flexibility index (Phi) is 5.08. The molecule has 1 N–H and O–H groups in total. The second kappa shape index (κ2) is 7.26. The van der Waals surface area contributed by atoms with E-state index in [1.807, 2.05) is 49.6 Å². The molecule has 0 aliphatic carbocycles. The van der Waals surface area contributed by atoms with Gasteiger partial charge >= 0.3 is 0 Å². The lowest BCUT2D eigenvalue weighted by molar-refractivity contribution is -0.117. The summed E-state index contributed by atoms with van der Waals surface area (Å²) in [5.41, 5.74) is 1.40. The lowest BCUT2D eigenvalue weighted by Gasteiger charge is -2.27. The third kappa shape index (κ3) is 3.68. The van der Waals surface area contributed by atoms with Crippen LogP contribution in [0.1, 0.15) is 33.2 Å². The van der Waals surface area contributed by atoms with Crippen molar-refractivity contribution in [2.24, 2.45) is 0 Å². The standard InChI is InChI=1S/C17H21N5O2S/c1-11(2)21-10-18-20-17(21)25-9-16(24)22-12(3)8-15(23)19-13-6-4-5-7-14(13)22/h4-7,10-12H,8-9H2,1-3H3,(H,19,23)/t12-/m0/s1. The predicted octanol–water partition coefficient (Wildman–Crippen LogP) is 2.72. The maximum Gasteiger partial charge on any atom is 0.237 e. The molecule has 0 saturated heterocycles. The molecule has 0 unspecified atom stereocenters. The van der Waals surface area contributed by atoms with Crippen LogP contribution in [0.25, 0.3) is 0 Å². The largest absolute Gasteiger partial charge is 0.324 e. The van der Waals surface area contributed by atoms with Crippen LogP contribution in [0.15, 0.2) is 35.7 Å². The van der Waals surface area contributed by atoms with E-state index in [0.29, 0.717) is 10.8 Å². The molecule has 1 atom stereocenters. The molecule has 7 nitrogen and oxygen atoms in total. The van der Waals surface area contributed by atoms with Crippen LogP contribution in [0.2, 0.25) is 0 Å². The summed E-state index contributed by atoms with van der Waals surface area (Å²) < 4.78 is 1.93. The molecular formula is C17H21N5O2S. The van der Waals surface area contributed by atoms with Gasteiger partial charge in [-0.3, -0.25) is 9.59 Å². The minimum atomic E-state index is -0.209. The van der Waals surface area contributed by atoms with E-state index in [-0.39, 0.29) is 36.1 Å². The monoisotopic (exact) mass is 359 g/mol. The molecule has 8 heteroatoms. The number of carbonyl (C=O) groups excluding carboxylic acids is 2. The fourth-order valence-electron chi connectivity index (χ4n) is 2.85. The van der Waals surface area contributed by atoms with Crippen LogP contribution in [0.3, 0.4) is 0 Å². The fourth-order valence-corrected chi connectivity index (χ4v) is 3.76. The number of carbonyl (C=O) groups is 2. The van der Waals surface area contributed by atoms with Crippen molar-refractivity contribution < 1.29 is 9.59 Å². The maximum absolute atomic E-state index is 12.9. The summed E-state index contributed by atoms with van der Waals surface area (Å²) in [7, 11) is 0. The van der Waals surface area contributed by atoms with Gasteiger partial charge in [0.1, 0.15) is 6.33 Å². The highest BCUT2D eigenvalue weighted by molar-refractivity contribution is 7.99. The molecule has 1 aliphatic rings. The van der Waals surface area contributed by atoms with Gasteiger partial charge in [0.25, 0.3) is 0 Å². The highest BCUT2D eigenvalue weighted by Gasteiger charge is 2.29. The van der Waals surface area contributed by atoms with E-state index in [0.717, 1.165) is 5.69 Å². The molecule has 1 aliphatic heterocycles. The molecule has 0 saturated carbocycles. The van der Waals surface area contributed by atoms with Crippen molar-refractivity contribution >= 4 is 35.0 Å². The molecule has 2 amide bonds. The number of nitrogens with zero attached hydrogens (tertiary/aromatic N) is 4.